The molecule has 1 unspecified atom stereocenters. The third kappa shape index (κ3) is 8.06. The second-order valence-electron chi connectivity index (χ2n) is 5.87. The molecule has 2 heteroatoms. The third-order valence-corrected chi connectivity index (χ3v) is 5.11. The van der Waals surface area contributed by atoms with Crippen molar-refractivity contribution in [2.75, 3.05) is 6.61 Å². The highest BCUT2D eigenvalue weighted by Crippen LogP contribution is 2.26. The van der Waals surface area contributed by atoms with Crippen LogP contribution in [0.4, 0.5) is 0 Å². The summed E-state index contributed by atoms with van der Waals surface area (Å²) in [5, 5.41) is 11.6. The second-order valence-corrected chi connectivity index (χ2v) is 6.84. The third-order valence-electron chi connectivity index (χ3n) is 4.07. The molecule has 0 amide bonds. The summed E-state index contributed by atoms with van der Waals surface area (Å²) in [6.07, 6.45) is 15.0. The minimum atomic E-state index is 0.304. The molecule has 0 saturated heterocycles. The van der Waals surface area contributed by atoms with Gasteiger partial charge >= 0.3 is 0 Å². The maximum atomic E-state index is 9.45. The predicted molar refractivity (Wildman–Crippen MR) is 90.6 cm³/mol. The van der Waals surface area contributed by atoms with Crippen LogP contribution in [0, 0.1) is 0 Å². The summed E-state index contributed by atoms with van der Waals surface area (Å²) in [5.41, 5.74) is 0. The van der Waals surface area contributed by atoms with Crippen molar-refractivity contribution in [2.24, 2.45) is 0 Å². The van der Waals surface area contributed by atoms with Crippen LogP contribution < -0.4 is 0 Å². The lowest BCUT2D eigenvalue weighted by molar-refractivity contribution is 0.258. The quantitative estimate of drug-likeness (QED) is 0.434. The van der Waals surface area contributed by atoms with Gasteiger partial charge in [0.2, 0.25) is 0 Å². The van der Waals surface area contributed by atoms with Crippen LogP contribution in [0.5, 0.6) is 0 Å². The van der Waals surface area contributed by atoms with Gasteiger partial charge in [-0.1, -0.05) is 77.2 Å². The van der Waals surface area contributed by atoms with E-state index in [4.69, 9.17) is 0 Å². The summed E-state index contributed by atoms with van der Waals surface area (Å²) in [5.74, 6) is 0.379. The molecule has 0 aliphatic heterocycles. The highest BCUT2D eigenvalue weighted by molar-refractivity contribution is 7.10. The molecule has 1 N–H and O–H groups in total. The molecule has 0 fully saturated rings. The highest BCUT2D eigenvalue weighted by atomic mass is 32.1. The topological polar surface area (TPSA) is 20.2 Å². The minimum Gasteiger partial charge on any atom is -0.396 e. The molecule has 1 rings (SSSR count). The summed E-state index contributed by atoms with van der Waals surface area (Å²) in [7, 11) is 0. The van der Waals surface area contributed by atoms with Gasteiger partial charge in [-0.15, -0.1) is 11.3 Å². The first-order chi connectivity index (χ1) is 9.88. The maximum Gasteiger partial charge on any atom is 0.0507 e. The van der Waals surface area contributed by atoms with Crippen molar-refractivity contribution in [3.05, 3.63) is 22.4 Å². The maximum absolute atomic E-state index is 9.45. The highest BCUT2D eigenvalue weighted by Gasteiger charge is 2.10. The van der Waals surface area contributed by atoms with Crippen LogP contribution >= 0.6 is 11.3 Å². The standard InChI is InChI=1S/C18H32OS/c1-2-3-4-5-6-7-8-9-10-11-13-17(16-19)18-14-12-15-20-18/h12,14-15,17,19H,2-11,13,16H2,1H3. The number of thiophene rings is 1. The van der Waals surface area contributed by atoms with E-state index in [0.717, 1.165) is 6.42 Å². The number of aliphatic hydroxyl groups excluding tert-OH is 1. The molecule has 0 bridgehead atoms. The molecule has 0 radical (unpaired) electrons. The van der Waals surface area contributed by atoms with E-state index < -0.39 is 0 Å². The zero-order valence-corrected chi connectivity index (χ0v) is 14.0. The molecule has 0 saturated carbocycles. The van der Waals surface area contributed by atoms with Crippen molar-refractivity contribution in [3.8, 4) is 0 Å². The summed E-state index contributed by atoms with van der Waals surface area (Å²) < 4.78 is 0. The Morgan fingerprint density at radius 3 is 2.05 bits per heavy atom. The fourth-order valence-electron chi connectivity index (χ4n) is 2.73. The Labute approximate surface area is 129 Å². The van der Waals surface area contributed by atoms with E-state index in [-0.39, 0.29) is 0 Å². The first-order valence-electron chi connectivity index (χ1n) is 8.52. The first kappa shape index (κ1) is 17.7. The first-order valence-corrected chi connectivity index (χ1v) is 9.40. The van der Waals surface area contributed by atoms with Crippen molar-refractivity contribution in [1.29, 1.82) is 0 Å². The molecule has 1 heterocycles. The van der Waals surface area contributed by atoms with Gasteiger partial charge in [-0.25, -0.2) is 0 Å². The molecule has 0 aliphatic carbocycles. The van der Waals surface area contributed by atoms with E-state index in [1.807, 2.05) is 0 Å². The lowest BCUT2D eigenvalue weighted by Crippen LogP contribution is -2.01. The lowest BCUT2D eigenvalue weighted by atomic mass is 9.99. The van der Waals surface area contributed by atoms with E-state index in [1.165, 1.54) is 69.1 Å². The Morgan fingerprint density at radius 1 is 0.950 bits per heavy atom. The largest absolute Gasteiger partial charge is 0.396 e. The smallest absolute Gasteiger partial charge is 0.0507 e. The van der Waals surface area contributed by atoms with Crippen LogP contribution in [0.2, 0.25) is 0 Å². The number of hydrogen-bond donors (Lipinski definition) is 1. The predicted octanol–water partition coefficient (Wildman–Crippen LogP) is 6.14. The summed E-state index contributed by atoms with van der Waals surface area (Å²) in [6, 6.07) is 4.24. The zero-order chi connectivity index (χ0) is 14.5. The van der Waals surface area contributed by atoms with Crippen LogP contribution in [0.1, 0.15) is 88.3 Å². The molecule has 1 nitrogen and oxygen atoms in total. The van der Waals surface area contributed by atoms with Crippen LogP contribution in [0.3, 0.4) is 0 Å². The second kappa shape index (κ2) is 12.4. The van der Waals surface area contributed by atoms with Gasteiger partial charge in [0.25, 0.3) is 0 Å². The van der Waals surface area contributed by atoms with E-state index >= 15 is 0 Å². The van der Waals surface area contributed by atoms with Gasteiger partial charge < -0.3 is 5.11 Å². The van der Waals surface area contributed by atoms with Crippen LogP contribution in [-0.4, -0.2) is 11.7 Å². The average Bonchev–Trinajstić information content (AvgIpc) is 2.99. The fraction of sp³-hybridized carbons (Fsp3) is 0.778. The van der Waals surface area contributed by atoms with Crippen molar-refractivity contribution in [2.45, 2.75) is 83.5 Å². The van der Waals surface area contributed by atoms with Crippen molar-refractivity contribution >= 4 is 11.3 Å². The molecule has 1 atom stereocenters. The number of aliphatic hydroxyl groups is 1. The summed E-state index contributed by atoms with van der Waals surface area (Å²) >= 11 is 1.78. The Bertz CT molecular complexity index is 294. The molecule has 0 aromatic carbocycles. The van der Waals surface area contributed by atoms with Crippen molar-refractivity contribution in [3.63, 3.8) is 0 Å². The number of hydrogen-bond acceptors (Lipinski definition) is 2. The molecular formula is C18H32OS. The zero-order valence-electron chi connectivity index (χ0n) is 13.2. The van der Waals surface area contributed by atoms with Gasteiger partial charge in [0, 0.05) is 10.8 Å². The lowest BCUT2D eigenvalue weighted by Gasteiger charge is -2.11. The van der Waals surface area contributed by atoms with Gasteiger partial charge in [-0.05, 0) is 17.9 Å². The number of rotatable bonds is 13. The molecule has 0 spiro atoms. The van der Waals surface area contributed by atoms with Crippen LogP contribution in [0.25, 0.3) is 0 Å². The normalized spacial score (nSPS) is 12.7. The van der Waals surface area contributed by atoms with Crippen LogP contribution in [-0.2, 0) is 0 Å². The van der Waals surface area contributed by atoms with E-state index in [0.29, 0.717) is 12.5 Å². The summed E-state index contributed by atoms with van der Waals surface area (Å²) in [6.45, 7) is 2.58. The Hall–Kier alpha value is -0.340. The molecule has 1 aromatic heterocycles. The Balaban J connectivity index is 1.91. The van der Waals surface area contributed by atoms with Gasteiger partial charge in [0.05, 0.1) is 6.61 Å². The molecule has 0 aliphatic rings. The fourth-order valence-corrected chi connectivity index (χ4v) is 3.58. The monoisotopic (exact) mass is 296 g/mol. The molecule has 20 heavy (non-hydrogen) atoms. The molecular weight excluding hydrogens is 264 g/mol. The minimum absolute atomic E-state index is 0.304. The summed E-state index contributed by atoms with van der Waals surface area (Å²) in [4.78, 5) is 1.35. The van der Waals surface area contributed by atoms with Gasteiger partial charge in [-0.3, -0.25) is 0 Å². The van der Waals surface area contributed by atoms with Crippen molar-refractivity contribution in [1.82, 2.24) is 0 Å². The van der Waals surface area contributed by atoms with Gasteiger partial charge in [0.1, 0.15) is 0 Å². The van der Waals surface area contributed by atoms with Crippen LogP contribution in [0.15, 0.2) is 17.5 Å². The van der Waals surface area contributed by atoms with Gasteiger partial charge in [-0.2, -0.15) is 0 Å². The molecule has 1 aromatic rings. The molecule has 116 valence electrons. The van der Waals surface area contributed by atoms with Gasteiger partial charge in [0.15, 0.2) is 0 Å². The van der Waals surface area contributed by atoms with E-state index in [9.17, 15) is 5.11 Å². The SMILES string of the molecule is CCCCCCCCCCCCC(CO)c1cccs1. The van der Waals surface area contributed by atoms with E-state index in [2.05, 4.69) is 24.4 Å². The number of unbranched alkanes of at least 4 members (excludes halogenated alkanes) is 9. The van der Waals surface area contributed by atoms with Crippen molar-refractivity contribution < 1.29 is 5.11 Å². The Kier molecular flexibility index (Phi) is 11.0. The Morgan fingerprint density at radius 2 is 1.55 bits per heavy atom. The average molecular weight is 297 g/mol. The van der Waals surface area contributed by atoms with E-state index in [1.54, 1.807) is 11.3 Å².